The van der Waals surface area contributed by atoms with Crippen molar-refractivity contribution in [3.63, 3.8) is 0 Å². The number of hydrogen-bond acceptors (Lipinski definition) is 2. The SMILES string of the molecule is CCc1ccc2nc(-c3ccc(Cl)c(C)c3)nc(Cl)c2c1. The van der Waals surface area contributed by atoms with Crippen LogP contribution in [0.15, 0.2) is 36.4 Å². The van der Waals surface area contributed by atoms with E-state index >= 15 is 0 Å². The summed E-state index contributed by atoms with van der Waals surface area (Å²) in [6, 6.07) is 11.9. The summed E-state index contributed by atoms with van der Waals surface area (Å²) in [5, 5.41) is 2.11. The Labute approximate surface area is 133 Å². The molecule has 0 spiro atoms. The number of halogens is 2. The Balaban J connectivity index is 2.18. The third-order valence-electron chi connectivity index (χ3n) is 3.54. The molecule has 3 rings (SSSR count). The molecule has 0 saturated carbocycles. The smallest absolute Gasteiger partial charge is 0.161 e. The monoisotopic (exact) mass is 316 g/mol. The molecule has 3 aromatic rings. The Kier molecular flexibility index (Phi) is 3.83. The molecule has 0 aliphatic heterocycles. The van der Waals surface area contributed by atoms with Crippen molar-refractivity contribution in [2.24, 2.45) is 0 Å². The van der Waals surface area contributed by atoms with E-state index in [9.17, 15) is 0 Å². The highest BCUT2D eigenvalue weighted by Crippen LogP contribution is 2.27. The predicted molar refractivity (Wildman–Crippen MR) is 89.1 cm³/mol. The van der Waals surface area contributed by atoms with Crippen LogP contribution in [0.2, 0.25) is 10.2 Å². The number of hydrogen-bond donors (Lipinski definition) is 0. The van der Waals surface area contributed by atoms with Crippen molar-refractivity contribution in [3.8, 4) is 11.4 Å². The Morgan fingerprint density at radius 2 is 1.81 bits per heavy atom. The first-order valence-electron chi connectivity index (χ1n) is 6.81. The highest BCUT2D eigenvalue weighted by atomic mass is 35.5. The summed E-state index contributed by atoms with van der Waals surface area (Å²) in [7, 11) is 0. The summed E-state index contributed by atoms with van der Waals surface area (Å²) in [5.41, 5.74) is 3.99. The topological polar surface area (TPSA) is 25.8 Å². The van der Waals surface area contributed by atoms with Crippen molar-refractivity contribution in [2.75, 3.05) is 0 Å². The summed E-state index contributed by atoms with van der Waals surface area (Å²) in [4.78, 5) is 9.04. The Bertz CT molecular complexity index is 828. The quantitative estimate of drug-likeness (QED) is 0.585. The lowest BCUT2D eigenvalue weighted by Crippen LogP contribution is -1.93. The van der Waals surface area contributed by atoms with Crippen LogP contribution >= 0.6 is 23.2 Å². The molecule has 2 nitrogen and oxygen atoms in total. The fourth-order valence-electron chi connectivity index (χ4n) is 2.27. The lowest BCUT2D eigenvalue weighted by molar-refractivity contribution is 1.14. The van der Waals surface area contributed by atoms with E-state index in [-0.39, 0.29) is 0 Å². The minimum atomic E-state index is 0.484. The standard InChI is InChI=1S/C17H14Cl2N2/c1-3-11-4-7-15-13(9-11)16(19)21-17(20-15)12-5-6-14(18)10(2)8-12/h4-9H,3H2,1-2H3. The van der Waals surface area contributed by atoms with Crippen LogP contribution in [-0.2, 0) is 6.42 Å². The first-order chi connectivity index (χ1) is 10.1. The molecule has 1 heterocycles. The van der Waals surface area contributed by atoms with Gasteiger partial charge in [-0.3, -0.25) is 0 Å². The van der Waals surface area contributed by atoms with Crippen molar-refractivity contribution in [1.29, 1.82) is 0 Å². The third-order valence-corrected chi connectivity index (χ3v) is 4.25. The van der Waals surface area contributed by atoms with Gasteiger partial charge in [-0.1, -0.05) is 36.2 Å². The normalized spacial score (nSPS) is 11.0. The van der Waals surface area contributed by atoms with E-state index in [0.29, 0.717) is 11.0 Å². The molecule has 21 heavy (non-hydrogen) atoms. The number of aromatic nitrogens is 2. The van der Waals surface area contributed by atoms with Gasteiger partial charge in [-0.15, -0.1) is 0 Å². The fraction of sp³-hybridized carbons (Fsp3) is 0.176. The van der Waals surface area contributed by atoms with Gasteiger partial charge in [-0.2, -0.15) is 0 Å². The Morgan fingerprint density at radius 3 is 2.52 bits per heavy atom. The predicted octanol–water partition coefficient (Wildman–Crippen LogP) is 5.47. The van der Waals surface area contributed by atoms with E-state index in [1.807, 2.05) is 31.2 Å². The molecule has 0 fully saturated rings. The minimum absolute atomic E-state index is 0.484. The summed E-state index contributed by atoms with van der Waals surface area (Å²) in [6.45, 7) is 4.07. The largest absolute Gasteiger partial charge is 0.228 e. The first kappa shape index (κ1) is 14.3. The van der Waals surface area contributed by atoms with Gasteiger partial charge in [-0.25, -0.2) is 9.97 Å². The second kappa shape index (κ2) is 5.63. The number of fused-ring (bicyclic) bond motifs is 1. The van der Waals surface area contributed by atoms with Gasteiger partial charge >= 0.3 is 0 Å². The zero-order chi connectivity index (χ0) is 15.0. The van der Waals surface area contributed by atoms with Gasteiger partial charge in [0.25, 0.3) is 0 Å². The van der Waals surface area contributed by atoms with Crippen LogP contribution in [0.25, 0.3) is 22.3 Å². The molecule has 0 bridgehead atoms. The molecular weight excluding hydrogens is 303 g/mol. The molecule has 0 aliphatic rings. The Hall–Kier alpha value is -1.64. The van der Waals surface area contributed by atoms with Crippen molar-refractivity contribution in [2.45, 2.75) is 20.3 Å². The lowest BCUT2D eigenvalue weighted by atomic mass is 10.1. The van der Waals surface area contributed by atoms with Gasteiger partial charge in [0.05, 0.1) is 5.52 Å². The van der Waals surface area contributed by atoms with E-state index in [1.165, 1.54) is 5.56 Å². The molecule has 0 unspecified atom stereocenters. The summed E-state index contributed by atoms with van der Waals surface area (Å²) >= 11 is 12.4. The van der Waals surface area contributed by atoms with Gasteiger partial charge in [-0.05, 0) is 54.8 Å². The molecule has 0 N–H and O–H groups in total. The number of rotatable bonds is 2. The molecule has 0 radical (unpaired) electrons. The summed E-state index contributed by atoms with van der Waals surface area (Å²) < 4.78 is 0. The van der Waals surface area contributed by atoms with E-state index in [1.54, 1.807) is 0 Å². The molecule has 0 amide bonds. The minimum Gasteiger partial charge on any atom is -0.228 e. The van der Waals surface area contributed by atoms with Crippen molar-refractivity contribution in [1.82, 2.24) is 9.97 Å². The summed E-state index contributed by atoms with van der Waals surface area (Å²) in [6.07, 6.45) is 0.963. The molecule has 106 valence electrons. The molecular formula is C17H14Cl2N2. The maximum absolute atomic E-state index is 6.33. The summed E-state index contributed by atoms with van der Waals surface area (Å²) in [5.74, 6) is 0.622. The average molecular weight is 317 g/mol. The van der Waals surface area contributed by atoms with Gasteiger partial charge < -0.3 is 0 Å². The highest BCUT2D eigenvalue weighted by molar-refractivity contribution is 6.34. The van der Waals surface area contributed by atoms with Crippen LogP contribution in [-0.4, -0.2) is 9.97 Å². The van der Waals surface area contributed by atoms with E-state index in [0.717, 1.165) is 33.5 Å². The van der Waals surface area contributed by atoms with Crippen LogP contribution < -0.4 is 0 Å². The maximum Gasteiger partial charge on any atom is 0.161 e. The lowest BCUT2D eigenvalue weighted by Gasteiger charge is -2.07. The Morgan fingerprint density at radius 1 is 1.00 bits per heavy atom. The maximum atomic E-state index is 6.33. The fourth-order valence-corrected chi connectivity index (χ4v) is 2.62. The molecule has 0 atom stereocenters. The number of benzene rings is 2. The van der Waals surface area contributed by atoms with Gasteiger partial charge in [0, 0.05) is 16.0 Å². The van der Waals surface area contributed by atoms with Gasteiger partial charge in [0.2, 0.25) is 0 Å². The van der Waals surface area contributed by atoms with Crippen LogP contribution in [0, 0.1) is 6.92 Å². The number of nitrogens with zero attached hydrogens (tertiary/aromatic N) is 2. The zero-order valence-corrected chi connectivity index (χ0v) is 13.3. The van der Waals surface area contributed by atoms with Crippen LogP contribution in [0.1, 0.15) is 18.1 Å². The molecule has 2 aromatic carbocycles. The van der Waals surface area contributed by atoms with Gasteiger partial charge in [0.1, 0.15) is 5.15 Å². The van der Waals surface area contributed by atoms with Crippen molar-refractivity contribution in [3.05, 3.63) is 57.7 Å². The first-order valence-corrected chi connectivity index (χ1v) is 7.57. The molecule has 0 aliphatic carbocycles. The molecule has 1 aromatic heterocycles. The van der Waals surface area contributed by atoms with E-state index < -0.39 is 0 Å². The second-order valence-electron chi connectivity index (χ2n) is 5.01. The third kappa shape index (κ3) is 2.74. The van der Waals surface area contributed by atoms with E-state index in [4.69, 9.17) is 23.2 Å². The number of aryl methyl sites for hydroxylation is 2. The second-order valence-corrected chi connectivity index (χ2v) is 5.77. The van der Waals surface area contributed by atoms with Crippen molar-refractivity contribution >= 4 is 34.1 Å². The van der Waals surface area contributed by atoms with Gasteiger partial charge in [0.15, 0.2) is 5.82 Å². The molecule has 4 heteroatoms. The average Bonchev–Trinajstić information content (AvgIpc) is 2.49. The van der Waals surface area contributed by atoms with Crippen LogP contribution in [0.4, 0.5) is 0 Å². The van der Waals surface area contributed by atoms with E-state index in [2.05, 4.69) is 29.0 Å². The van der Waals surface area contributed by atoms with Crippen molar-refractivity contribution < 1.29 is 0 Å². The molecule has 0 saturated heterocycles. The van der Waals surface area contributed by atoms with Crippen LogP contribution in [0.5, 0.6) is 0 Å². The highest BCUT2D eigenvalue weighted by Gasteiger charge is 2.09. The van der Waals surface area contributed by atoms with Crippen LogP contribution in [0.3, 0.4) is 0 Å². The zero-order valence-electron chi connectivity index (χ0n) is 11.8.